The fraction of sp³-hybridized carbons (Fsp3) is 0.182. The first-order chi connectivity index (χ1) is 7.97. The van der Waals surface area contributed by atoms with E-state index >= 15 is 0 Å². The van der Waals surface area contributed by atoms with Crippen molar-refractivity contribution in [3.63, 3.8) is 0 Å². The topological polar surface area (TPSA) is 29.5 Å². The molecular weight excluding hydrogens is 235 g/mol. The Morgan fingerprint density at radius 1 is 1.18 bits per heavy atom. The summed E-state index contributed by atoms with van der Waals surface area (Å²) in [5.41, 5.74) is 0.537. The first-order valence-electron chi connectivity index (χ1n) is 4.80. The zero-order valence-corrected chi connectivity index (χ0v) is 8.57. The first-order valence-corrected chi connectivity index (χ1v) is 4.80. The smallest absolute Gasteiger partial charge is 0.400 e. The number of carbonyl (C=O) groups is 1. The number of ether oxygens (including phenoxy) is 1. The minimum absolute atomic E-state index is 0.0776. The van der Waals surface area contributed by atoms with Crippen molar-refractivity contribution in [3.8, 4) is 0 Å². The van der Waals surface area contributed by atoms with Gasteiger partial charge >= 0.3 is 6.36 Å². The van der Waals surface area contributed by atoms with Crippen LogP contribution in [0.4, 0.5) is 18.9 Å². The Balaban J connectivity index is 2.12. The van der Waals surface area contributed by atoms with Crippen LogP contribution in [0.1, 0.15) is 0 Å². The van der Waals surface area contributed by atoms with E-state index in [-0.39, 0.29) is 6.54 Å². The maximum Gasteiger partial charge on any atom is 0.573 e. The van der Waals surface area contributed by atoms with Crippen LogP contribution in [-0.2, 0) is 9.53 Å². The molecule has 3 nitrogen and oxygen atoms in total. The summed E-state index contributed by atoms with van der Waals surface area (Å²) in [6.45, 7) is 0.0776. The third kappa shape index (κ3) is 2.58. The summed E-state index contributed by atoms with van der Waals surface area (Å²) in [4.78, 5) is 12.8. The van der Waals surface area contributed by atoms with E-state index in [4.69, 9.17) is 0 Å². The van der Waals surface area contributed by atoms with E-state index < -0.39 is 18.0 Å². The molecule has 1 aromatic rings. The largest absolute Gasteiger partial charge is 0.573 e. The van der Waals surface area contributed by atoms with Crippen LogP contribution < -0.4 is 4.90 Å². The van der Waals surface area contributed by atoms with Crippen LogP contribution >= 0.6 is 0 Å². The fourth-order valence-electron chi connectivity index (χ4n) is 1.52. The van der Waals surface area contributed by atoms with Crippen molar-refractivity contribution in [2.75, 3.05) is 11.4 Å². The molecule has 1 aliphatic rings. The number of nitrogens with zero attached hydrogens (tertiary/aromatic N) is 1. The van der Waals surface area contributed by atoms with Gasteiger partial charge < -0.3 is 9.64 Å². The molecule has 0 fully saturated rings. The summed E-state index contributed by atoms with van der Waals surface area (Å²) in [5.74, 6) is -1.46. The van der Waals surface area contributed by atoms with Gasteiger partial charge in [-0.05, 0) is 18.2 Å². The Bertz CT molecular complexity index is 454. The highest BCUT2D eigenvalue weighted by Crippen LogP contribution is 2.27. The Morgan fingerprint density at radius 2 is 1.82 bits per heavy atom. The highest BCUT2D eigenvalue weighted by atomic mass is 19.4. The quantitative estimate of drug-likeness (QED) is 0.798. The molecule has 0 aliphatic carbocycles. The summed E-state index contributed by atoms with van der Waals surface area (Å²) in [7, 11) is 0. The minimum Gasteiger partial charge on any atom is -0.400 e. The Hall–Kier alpha value is -1.98. The van der Waals surface area contributed by atoms with Gasteiger partial charge in [0.2, 0.25) is 0 Å². The molecule has 0 aromatic heterocycles. The van der Waals surface area contributed by atoms with Crippen molar-refractivity contribution in [2.24, 2.45) is 0 Å². The summed E-state index contributed by atoms with van der Waals surface area (Å²) in [5, 5.41) is 0. The number of hydrogen-bond donors (Lipinski definition) is 0. The fourth-order valence-corrected chi connectivity index (χ4v) is 1.52. The molecule has 0 bridgehead atoms. The lowest BCUT2D eigenvalue weighted by Gasteiger charge is -2.16. The van der Waals surface area contributed by atoms with Gasteiger partial charge in [0.1, 0.15) is 0 Å². The number of rotatable bonds is 2. The molecule has 0 saturated heterocycles. The van der Waals surface area contributed by atoms with Crippen molar-refractivity contribution in [1.82, 2.24) is 0 Å². The van der Waals surface area contributed by atoms with Crippen LogP contribution in [0.2, 0.25) is 0 Å². The monoisotopic (exact) mass is 243 g/mol. The Morgan fingerprint density at radius 3 is 2.41 bits per heavy atom. The van der Waals surface area contributed by atoms with Crippen molar-refractivity contribution in [3.05, 3.63) is 42.2 Å². The van der Waals surface area contributed by atoms with Gasteiger partial charge in [-0.1, -0.05) is 18.2 Å². The second-order valence-electron chi connectivity index (χ2n) is 3.37. The van der Waals surface area contributed by atoms with Crippen LogP contribution in [0.15, 0.2) is 42.2 Å². The SMILES string of the molecule is O=C1C(OC(F)(F)F)=CCN1c1ccccc1. The predicted molar refractivity (Wildman–Crippen MR) is 54.0 cm³/mol. The minimum atomic E-state index is -4.84. The predicted octanol–water partition coefficient (Wildman–Crippen LogP) is 2.45. The van der Waals surface area contributed by atoms with Gasteiger partial charge in [-0.3, -0.25) is 4.79 Å². The van der Waals surface area contributed by atoms with E-state index in [0.29, 0.717) is 5.69 Å². The number of carbonyl (C=O) groups excluding carboxylic acids is 1. The van der Waals surface area contributed by atoms with Crippen LogP contribution in [0.25, 0.3) is 0 Å². The molecule has 0 unspecified atom stereocenters. The normalized spacial score (nSPS) is 16.1. The second-order valence-corrected chi connectivity index (χ2v) is 3.37. The molecule has 0 N–H and O–H groups in total. The second kappa shape index (κ2) is 4.12. The molecule has 90 valence electrons. The lowest BCUT2D eigenvalue weighted by molar-refractivity contribution is -0.303. The number of amides is 1. The average Bonchev–Trinajstić information content (AvgIpc) is 2.60. The maximum absolute atomic E-state index is 12.0. The number of benzene rings is 1. The van der Waals surface area contributed by atoms with Crippen molar-refractivity contribution < 1.29 is 22.7 Å². The van der Waals surface area contributed by atoms with E-state index in [9.17, 15) is 18.0 Å². The lowest BCUT2D eigenvalue weighted by atomic mass is 10.3. The van der Waals surface area contributed by atoms with Crippen LogP contribution in [-0.4, -0.2) is 18.8 Å². The number of anilines is 1. The van der Waals surface area contributed by atoms with Gasteiger partial charge in [0.15, 0.2) is 5.76 Å². The highest BCUT2D eigenvalue weighted by Gasteiger charge is 2.37. The van der Waals surface area contributed by atoms with Gasteiger partial charge in [-0.2, -0.15) is 0 Å². The van der Waals surface area contributed by atoms with E-state index in [1.807, 2.05) is 0 Å². The van der Waals surface area contributed by atoms with E-state index in [2.05, 4.69) is 4.74 Å². The molecule has 0 radical (unpaired) electrons. The van der Waals surface area contributed by atoms with Gasteiger partial charge in [0.25, 0.3) is 5.91 Å². The molecule has 1 aromatic carbocycles. The number of para-hydroxylation sites is 1. The molecule has 2 rings (SSSR count). The maximum atomic E-state index is 12.0. The number of alkyl halides is 3. The standard InChI is InChI=1S/C11H8F3NO2/c12-11(13,14)17-9-6-7-15(10(9)16)8-4-2-1-3-5-8/h1-6H,7H2. The van der Waals surface area contributed by atoms with Crippen LogP contribution in [0, 0.1) is 0 Å². The summed E-state index contributed by atoms with van der Waals surface area (Å²) < 4.78 is 39.6. The van der Waals surface area contributed by atoms with E-state index in [1.54, 1.807) is 30.3 Å². The summed E-state index contributed by atoms with van der Waals surface area (Å²) in [6, 6.07) is 8.44. The molecule has 6 heteroatoms. The molecule has 0 saturated carbocycles. The molecule has 17 heavy (non-hydrogen) atoms. The molecule has 1 aliphatic heterocycles. The third-order valence-corrected chi connectivity index (χ3v) is 2.21. The first kappa shape index (κ1) is 11.5. The van der Waals surface area contributed by atoms with E-state index in [0.717, 1.165) is 6.08 Å². The highest BCUT2D eigenvalue weighted by molar-refractivity contribution is 6.06. The van der Waals surface area contributed by atoms with E-state index in [1.165, 1.54) is 4.90 Å². The summed E-state index contributed by atoms with van der Waals surface area (Å²) >= 11 is 0. The Kier molecular flexibility index (Phi) is 2.79. The molecule has 1 amide bonds. The van der Waals surface area contributed by atoms with Crippen LogP contribution in [0.5, 0.6) is 0 Å². The van der Waals surface area contributed by atoms with Gasteiger partial charge in [-0.25, -0.2) is 0 Å². The lowest BCUT2D eigenvalue weighted by Crippen LogP contribution is -2.28. The van der Waals surface area contributed by atoms with Crippen LogP contribution in [0.3, 0.4) is 0 Å². The molecule has 0 spiro atoms. The van der Waals surface area contributed by atoms with Gasteiger partial charge in [0, 0.05) is 12.2 Å². The van der Waals surface area contributed by atoms with Crippen molar-refractivity contribution in [1.29, 1.82) is 0 Å². The van der Waals surface area contributed by atoms with Crippen molar-refractivity contribution >= 4 is 11.6 Å². The third-order valence-electron chi connectivity index (χ3n) is 2.21. The van der Waals surface area contributed by atoms with Gasteiger partial charge in [-0.15, -0.1) is 13.2 Å². The number of halogens is 3. The molecule has 1 heterocycles. The molecular formula is C11H8F3NO2. The molecule has 0 atom stereocenters. The average molecular weight is 243 g/mol. The van der Waals surface area contributed by atoms with Gasteiger partial charge in [0.05, 0.1) is 0 Å². The Labute approximate surface area is 95.1 Å². The summed E-state index contributed by atoms with van der Waals surface area (Å²) in [6.07, 6.45) is -3.73. The van der Waals surface area contributed by atoms with Crippen molar-refractivity contribution in [2.45, 2.75) is 6.36 Å². The number of hydrogen-bond acceptors (Lipinski definition) is 2. The zero-order valence-electron chi connectivity index (χ0n) is 8.57. The zero-order chi connectivity index (χ0) is 12.5.